The molecule has 2 saturated heterocycles. The van der Waals surface area contributed by atoms with Crippen LogP contribution in [-0.2, 0) is 4.79 Å². The molecule has 0 aliphatic carbocycles. The number of likely N-dealkylation sites (tertiary alicyclic amines) is 1. The highest BCUT2D eigenvalue weighted by atomic mass is 16.5. The second kappa shape index (κ2) is 9.70. The fourth-order valence-electron chi connectivity index (χ4n) is 5.06. The minimum absolute atomic E-state index is 0.122. The van der Waals surface area contributed by atoms with E-state index < -0.39 is 6.23 Å². The molecule has 8 heteroatoms. The van der Waals surface area contributed by atoms with Crippen molar-refractivity contribution in [3.8, 4) is 17.1 Å². The molecule has 3 aromatic rings. The van der Waals surface area contributed by atoms with Gasteiger partial charge in [0.15, 0.2) is 0 Å². The summed E-state index contributed by atoms with van der Waals surface area (Å²) in [6.45, 7) is 5.98. The van der Waals surface area contributed by atoms with Crippen LogP contribution >= 0.6 is 0 Å². The first-order valence-corrected chi connectivity index (χ1v) is 12.2. The third-order valence-electron chi connectivity index (χ3n) is 7.37. The standard InChI is InChI=1S/C27H32N4O4/c1-17-7-8-22(13-18(17)2)31-16-21(15-24(31)32)27(33)30-11-9-19(10-12-30)26-28-25(29-35-26)20-5-4-6-23(14-20)34-3/h4-8,13-14,19,21,24,32H,9-12,15-16H2,1-3H3/t21-,24?/m0/s1. The number of aromatic nitrogens is 2. The topological polar surface area (TPSA) is 91.9 Å². The molecule has 2 fully saturated rings. The van der Waals surface area contributed by atoms with Gasteiger partial charge in [-0.2, -0.15) is 4.98 Å². The first-order valence-electron chi connectivity index (χ1n) is 12.2. The zero-order chi connectivity index (χ0) is 24.5. The number of hydrogen-bond acceptors (Lipinski definition) is 7. The Labute approximate surface area is 205 Å². The number of nitrogens with zero attached hydrogens (tertiary/aromatic N) is 4. The lowest BCUT2D eigenvalue weighted by Gasteiger charge is -2.32. The van der Waals surface area contributed by atoms with Crippen LogP contribution < -0.4 is 9.64 Å². The van der Waals surface area contributed by atoms with Crippen LogP contribution in [0.4, 0.5) is 5.69 Å². The number of piperidine rings is 1. The lowest BCUT2D eigenvalue weighted by atomic mass is 9.95. The van der Waals surface area contributed by atoms with Gasteiger partial charge < -0.3 is 24.2 Å². The fourth-order valence-corrected chi connectivity index (χ4v) is 5.06. The average Bonchev–Trinajstić information content (AvgIpc) is 3.53. The summed E-state index contributed by atoms with van der Waals surface area (Å²) in [5.74, 6) is 1.96. The molecule has 2 atom stereocenters. The highest BCUT2D eigenvalue weighted by Gasteiger charge is 2.38. The predicted octanol–water partition coefficient (Wildman–Crippen LogP) is 3.91. The van der Waals surface area contributed by atoms with E-state index in [-0.39, 0.29) is 17.7 Å². The van der Waals surface area contributed by atoms with Crippen molar-refractivity contribution < 1.29 is 19.2 Å². The normalized spacial score (nSPS) is 20.9. The van der Waals surface area contributed by atoms with E-state index in [1.54, 1.807) is 7.11 Å². The number of amides is 1. The summed E-state index contributed by atoms with van der Waals surface area (Å²) in [7, 11) is 1.63. The summed E-state index contributed by atoms with van der Waals surface area (Å²) < 4.78 is 10.9. The molecular formula is C27H32N4O4. The van der Waals surface area contributed by atoms with Crippen LogP contribution in [0.2, 0.25) is 0 Å². The number of methoxy groups -OCH3 is 1. The van der Waals surface area contributed by atoms with E-state index in [0.717, 1.165) is 29.8 Å². The zero-order valence-corrected chi connectivity index (χ0v) is 20.5. The monoisotopic (exact) mass is 476 g/mol. The van der Waals surface area contributed by atoms with E-state index in [2.05, 4.69) is 36.1 Å². The van der Waals surface area contributed by atoms with E-state index >= 15 is 0 Å². The molecule has 1 N–H and O–H groups in total. The largest absolute Gasteiger partial charge is 0.497 e. The number of ether oxygens (including phenoxy) is 1. The van der Waals surface area contributed by atoms with Gasteiger partial charge in [-0.3, -0.25) is 4.79 Å². The minimum atomic E-state index is -0.642. The molecule has 184 valence electrons. The Morgan fingerprint density at radius 2 is 1.91 bits per heavy atom. The van der Waals surface area contributed by atoms with Gasteiger partial charge in [0.2, 0.25) is 17.6 Å². The Bertz CT molecular complexity index is 1200. The van der Waals surface area contributed by atoms with Crippen molar-refractivity contribution in [2.24, 2.45) is 5.92 Å². The van der Waals surface area contributed by atoms with Crippen LogP contribution in [0.5, 0.6) is 5.75 Å². The molecule has 0 saturated carbocycles. The SMILES string of the molecule is COc1cccc(-c2noc(C3CCN(C(=O)[C@H]4CC(O)N(c5ccc(C)c(C)c5)C4)CC3)n2)c1. The van der Waals surface area contributed by atoms with Crippen LogP contribution in [0.25, 0.3) is 11.4 Å². The van der Waals surface area contributed by atoms with Crippen molar-refractivity contribution in [1.82, 2.24) is 15.0 Å². The minimum Gasteiger partial charge on any atom is -0.497 e. The molecular weight excluding hydrogens is 444 g/mol. The molecule has 0 spiro atoms. The van der Waals surface area contributed by atoms with Gasteiger partial charge in [0.1, 0.15) is 12.0 Å². The summed E-state index contributed by atoms with van der Waals surface area (Å²) >= 11 is 0. The van der Waals surface area contributed by atoms with Crippen molar-refractivity contribution in [2.75, 3.05) is 31.6 Å². The summed E-state index contributed by atoms with van der Waals surface area (Å²) in [6, 6.07) is 13.8. The molecule has 1 amide bonds. The summed E-state index contributed by atoms with van der Waals surface area (Å²) in [4.78, 5) is 21.8. The van der Waals surface area contributed by atoms with E-state index in [1.165, 1.54) is 11.1 Å². The Balaban J connectivity index is 1.19. The lowest BCUT2D eigenvalue weighted by molar-refractivity contribution is -0.136. The number of aliphatic hydroxyl groups excluding tert-OH is 1. The van der Waals surface area contributed by atoms with Gasteiger partial charge in [0.25, 0.3) is 0 Å². The van der Waals surface area contributed by atoms with Gasteiger partial charge in [0, 0.05) is 43.2 Å². The number of anilines is 1. The first-order chi connectivity index (χ1) is 16.9. The number of carbonyl (C=O) groups excluding carboxylic acids is 1. The molecule has 5 rings (SSSR count). The smallest absolute Gasteiger partial charge is 0.230 e. The molecule has 1 aromatic heterocycles. The third-order valence-corrected chi connectivity index (χ3v) is 7.37. The van der Waals surface area contributed by atoms with Gasteiger partial charge >= 0.3 is 0 Å². The predicted molar refractivity (Wildman–Crippen MR) is 132 cm³/mol. The molecule has 3 heterocycles. The second-order valence-electron chi connectivity index (χ2n) is 9.62. The van der Waals surface area contributed by atoms with E-state index in [0.29, 0.717) is 37.8 Å². The maximum Gasteiger partial charge on any atom is 0.230 e. The average molecular weight is 477 g/mol. The van der Waals surface area contributed by atoms with Crippen molar-refractivity contribution in [3.63, 3.8) is 0 Å². The van der Waals surface area contributed by atoms with Crippen molar-refractivity contribution >= 4 is 11.6 Å². The Morgan fingerprint density at radius 1 is 1.11 bits per heavy atom. The van der Waals surface area contributed by atoms with Gasteiger partial charge in [-0.25, -0.2) is 0 Å². The molecule has 0 bridgehead atoms. The van der Waals surface area contributed by atoms with E-state index in [4.69, 9.17) is 9.26 Å². The summed E-state index contributed by atoms with van der Waals surface area (Å²) in [6.07, 6.45) is 1.37. The van der Waals surface area contributed by atoms with Gasteiger partial charge in [-0.1, -0.05) is 23.4 Å². The lowest BCUT2D eigenvalue weighted by Crippen LogP contribution is -2.42. The summed E-state index contributed by atoms with van der Waals surface area (Å²) in [5.41, 5.74) is 4.22. The molecule has 35 heavy (non-hydrogen) atoms. The quantitative estimate of drug-likeness (QED) is 0.597. The van der Waals surface area contributed by atoms with E-state index in [9.17, 15) is 9.90 Å². The number of hydrogen-bond donors (Lipinski definition) is 1. The van der Waals surface area contributed by atoms with E-state index in [1.807, 2.05) is 40.1 Å². The molecule has 1 unspecified atom stereocenters. The van der Waals surface area contributed by atoms with Crippen LogP contribution in [0.3, 0.4) is 0 Å². The van der Waals surface area contributed by atoms with Crippen LogP contribution in [0, 0.1) is 19.8 Å². The third kappa shape index (κ3) is 4.75. The number of aliphatic hydroxyl groups is 1. The van der Waals surface area contributed by atoms with Crippen molar-refractivity contribution in [1.29, 1.82) is 0 Å². The van der Waals surface area contributed by atoms with Gasteiger partial charge in [0.05, 0.1) is 13.0 Å². The number of aryl methyl sites for hydroxylation is 2. The summed E-state index contributed by atoms with van der Waals surface area (Å²) in [5, 5.41) is 14.8. The van der Waals surface area contributed by atoms with Crippen LogP contribution in [0.15, 0.2) is 47.0 Å². The Morgan fingerprint density at radius 3 is 2.66 bits per heavy atom. The number of benzene rings is 2. The van der Waals surface area contributed by atoms with Crippen LogP contribution in [0.1, 0.15) is 42.2 Å². The zero-order valence-electron chi connectivity index (χ0n) is 20.5. The maximum atomic E-state index is 13.3. The maximum absolute atomic E-state index is 13.3. The number of carbonyl (C=O) groups is 1. The first kappa shape index (κ1) is 23.4. The molecule has 0 radical (unpaired) electrons. The van der Waals surface area contributed by atoms with Crippen molar-refractivity contribution in [2.45, 2.75) is 45.3 Å². The molecule has 2 aliphatic heterocycles. The fraction of sp³-hybridized carbons (Fsp3) is 0.444. The highest BCUT2D eigenvalue weighted by Crippen LogP contribution is 2.33. The van der Waals surface area contributed by atoms with Crippen molar-refractivity contribution in [3.05, 3.63) is 59.5 Å². The van der Waals surface area contributed by atoms with Gasteiger partial charge in [-0.05, 0) is 62.1 Å². The van der Waals surface area contributed by atoms with Crippen LogP contribution in [-0.4, -0.2) is 59.0 Å². The number of rotatable bonds is 5. The highest BCUT2D eigenvalue weighted by molar-refractivity contribution is 5.80. The molecule has 8 nitrogen and oxygen atoms in total. The Hall–Kier alpha value is -3.39. The molecule has 2 aliphatic rings. The second-order valence-corrected chi connectivity index (χ2v) is 9.62. The van der Waals surface area contributed by atoms with Gasteiger partial charge in [-0.15, -0.1) is 0 Å². The Kier molecular flexibility index (Phi) is 6.47. The molecule has 2 aromatic carbocycles.